The molecule has 1 N–H and O–H groups in total. The van der Waals surface area contributed by atoms with Gasteiger partial charge in [-0.3, -0.25) is 0 Å². The van der Waals surface area contributed by atoms with E-state index in [0.29, 0.717) is 0 Å². The summed E-state index contributed by atoms with van der Waals surface area (Å²) in [6.45, 7) is 8.43. The van der Waals surface area contributed by atoms with E-state index >= 15 is 0 Å². The molecule has 0 aliphatic carbocycles. The summed E-state index contributed by atoms with van der Waals surface area (Å²) in [6.07, 6.45) is 0. The van der Waals surface area contributed by atoms with Crippen molar-refractivity contribution >= 4 is 16.5 Å². The van der Waals surface area contributed by atoms with Gasteiger partial charge in [0.05, 0.1) is 12.3 Å². The summed E-state index contributed by atoms with van der Waals surface area (Å²) in [4.78, 5) is 6.83. The molecule has 0 aromatic carbocycles. The van der Waals surface area contributed by atoms with Crippen LogP contribution < -0.4 is 10.2 Å². The first kappa shape index (κ1) is 13.4. The quantitative estimate of drug-likeness (QED) is 0.706. The average molecular weight is 243 g/mol. The van der Waals surface area contributed by atoms with Crippen LogP contribution in [0.25, 0.3) is 0 Å². The molecule has 16 heavy (non-hydrogen) atoms. The van der Waals surface area contributed by atoms with Gasteiger partial charge in [-0.15, -0.1) is 11.3 Å². The molecule has 0 spiro atoms. The number of rotatable bonds is 8. The fourth-order valence-electron chi connectivity index (χ4n) is 1.41. The Morgan fingerprint density at radius 2 is 2.31 bits per heavy atom. The van der Waals surface area contributed by atoms with Crippen LogP contribution in [0.4, 0.5) is 5.13 Å². The highest BCUT2D eigenvalue weighted by Gasteiger charge is 2.08. The molecular formula is C11H21N3OS. The first-order valence-corrected chi connectivity index (χ1v) is 6.61. The zero-order chi connectivity index (χ0) is 11.8. The highest BCUT2D eigenvalue weighted by molar-refractivity contribution is 7.13. The highest BCUT2D eigenvalue weighted by Crippen LogP contribution is 2.19. The Bertz CT molecular complexity index is 291. The molecule has 0 saturated carbocycles. The van der Waals surface area contributed by atoms with Crippen molar-refractivity contribution < 1.29 is 4.74 Å². The van der Waals surface area contributed by atoms with Gasteiger partial charge in [-0.25, -0.2) is 4.98 Å². The summed E-state index contributed by atoms with van der Waals surface area (Å²) in [5.74, 6) is 0. The molecule has 0 atom stereocenters. The van der Waals surface area contributed by atoms with E-state index in [1.165, 1.54) is 0 Å². The second-order valence-corrected chi connectivity index (χ2v) is 4.26. The topological polar surface area (TPSA) is 37.4 Å². The zero-order valence-electron chi connectivity index (χ0n) is 10.3. The fraction of sp³-hybridized carbons (Fsp3) is 0.727. The van der Waals surface area contributed by atoms with Gasteiger partial charge in [0, 0.05) is 31.6 Å². The molecule has 1 rings (SSSR count). The predicted molar refractivity (Wildman–Crippen MR) is 69.3 cm³/mol. The van der Waals surface area contributed by atoms with Crippen molar-refractivity contribution in [2.45, 2.75) is 20.4 Å². The van der Waals surface area contributed by atoms with Crippen molar-refractivity contribution in [3.05, 3.63) is 11.1 Å². The maximum Gasteiger partial charge on any atom is 0.185 e. The largest absolute Gasteiger partial charge is 0.380 e. The molecular weight excluding hydrogens is 222 g/mol. The number of hydrogen-bond acceptors (Lipinski definition) is 5. The highest BCUT2D eigenvalue weighted by atomic mass is 32.1. The normalized spacial score (nSPS) is 10.7. The second-order valence-electron chi connectivity index (χ2n) is 3.43. The predicted octanol–water partition coefficient (Wildman–Crippen LogP) is 1.73. The number of likely N-dealkylation sites (N-methyl/N-ethyl adjacent to an activating group) is 1. The number of thiazole rings is 1. The summed E-state index contributed by atoms with van der Waals surface area (Å²) >= 11 is 1.70. The molecule has 1 aromatic rings. The van der Waals surface area contributed by atoms with Crippen molar-refractivity contribution in [1.82, 2.24) is 10.3 Å². The van der Waals surface area contributed by atoms with Crippen molar-refractivity contribution in [3.63, 3.8) is 0 Å². The van der Waals surface area contributed by atoms with Crippen molar-refractivity contribution in [1.29, 1.82) is 0 Å². The summed E-state index contributed by atoms with van der Waals surface area (Å²) < 4.78 is 5.36. The third-order valence-corrected chi connectivity index (χ3v) is 3.21. The lowest BCUT2D eigenvalue weighted by Gasteiger charge is -2.19. The lowest BCUT2D eigenvalue weighted by atomic mass is 10.5. The van der Waals surface area contributed by atoms with E-state index in [2.05, 4.69) is 27.5 Å². The van der Waals surface area contributed by atoms with Crippen LogP contribution >= 0.6 is 11.3 Å². The van der Waals surface area contributed by atoms with Gasteiger partial charge in [0.2, 0.25) is 0 Å². The first-order valence-electron chi connectivity index (χ1n) is 5.73. The fourth-order valence-corrected chi connectivity index (χ4v) is 2.33. The van der Waals surface area contributed by atoms with E-state index in [1.807, 2.05) is 14.0 Å². The van der Waals surface area contributed by atoms with Crippen LogP contribution in [0.5, 0.6) is 0 Å². The third kappa shape index (κ3) is 4.08. The van der Waals surface area contributed by atoms with Crippen LogP contribution in [0, 0.1) is 0 Å². The van der Waals surface area contributed by atoms with Crippen molar-refractivity contribution in [2.75, 3.05) is 38.3 Å². The monoisotopic (exact) mass is 243 g/mol. The third-order valence-electron chi connectivity index (χ3n) is 2.26. The number of anilines is 1. The Morgan fingerprint density at radius 1 is 1.50 bits per heavy atom. The van der Waals surface area contributed by atoms with Crippen LogP contribution in [0.1, 0.15) is 19.5 Å². The molecule has 0 fully saturated rings. The van der Waals surface area contributed by atoms with Crippen molar-refractivity contribution in [3.8, 4) is 0 Å². The van der Waals surface area contributed by atoms with Gasteiger partial charge < -0.3 is 15.0 Å². The maximum absolute atomic E-state index is 5.36. The van der Waals surface area contributed by atoms with Gasteiger partial charge >= 0.3 is 0 Å². The molecule has 1 aromatic heterocycles. The lowest BCUT2D eigenvalue weighted by Crippen LogP contribution is -2.27. The van der Waals surface area contributed by atoms with Gasteiger partial charge in [-0.2, -0.15) is 0 Å². The number of nitrogens with one attached hydrogen (secondary N) is 1. The van der Waals surface area contributed by atoms with E-state index in [9.17, 15) is 0 Å². The molecule has 4 nitrogen and oxygen atoms in total. The van der Waals surface area contributed by atoms with Crippen molar-refractivity contribution in [2.24, 2.45) is 0 Å². The number of aromatic nitrogens is 1. The Balaban J connectivity index is 2.49. The molecule has 5 heteroatoms. The SMILES string of the molecule is CCOCCN(CC)c1nc(CNC)cs1. The number of nitrogens with zero attached hydrogens (tertiary/aromatic N) is 2. The van der Waals surface area contributed by atoms with E-state index in [0.717, 1.165) is 43.7 Å². The minimum absolute atomic E-state index is 0.769. The number of hydrogen-bond donors (Lipinski definition) is 1. The molecule has 0 unspecified atom stereocenters. The Morgan fingerprint density at radius 3 is 2.94 bits per heavy atom. The van der Waals surface area contributed by atoms with E-state index in [1.54, 1.807) is 11.3 Å². The van der Waals surface area contributed by atoms with E-state index < -0.39 is 0 Å². The average Bonchev–Trinajstić information content (AvgIpc) is 2.74. The molecule has 92 valence electrons. The smallest absolute Gasteiger partial charge is 0.185 e. The van der Waals surface area contributed by atoms with Gasteiger partial charge in [0.15, 0.2) is 5.13 Å². The zero-order valence-corrected chi connectivity index (χ0v) is 11.1. The summed E-state index contributed by atoms with van der Waals surface area (Å²) in [6, 6.07) is 0. The Kier molecular flexibility index (Phi) is 6.37. The van der Waals surface area contributed by atoms with Crippen LogP contribution in [0.15, 0.2) is 5.38 Å². The maximum atomic E-state index is 5.36. The molecule has 0 bridgehead atoms. The lowest BCUT2D eigenvalue weighted by molar-refractivity contribution is 0.154. The minimum Gasteiger partial charge on any atom is -0.380 e. The molecule has 0 radical (unpaired) electrons. The van der Waals surface area contributed by atoms with Gasteiger partial charge in [0.25, 0.3) is 0 Å². The summed E-state index contributed by atoms with van der Waals surface area (Å²) in [7, 11) is 1.94. The van der Waals surface area contributed by atoms with Crippen LogP contribution in [0.3, 0.4) is 0 Å². The molecule has 1 heterocycles. The number of ether oxygens (including phenoxy) is 1. The van der Waals surface area contributed by atoms with Crippen LogP contribution in [-0.2, 0) is 11.3 Å². The van der Waals surface area contributed by atoms with Gasteiger partial charge in [-0.05, 0) is 20.9 Å². The first-order chi connectivity index (χ1) is 7.81. The van der Waals surface area contributed by atoms with Gasteiger partial charge in [-0.1, -0.05) is 0 Å². The summed E-state index contributed by atoms with van der Waals surface area (Å²) in [5, 5.41) is 6.30. The van der Waals surface area contributed by atoms with Crippen LogP contribution in [-0.4, -0.2) is 38.3 Å². The van der Waals surface area contributed by atoms with Crippen LogP contribution in [0.2, 0.25) is 0 Å². The van der Waals surface area contributed by atoms with Gasteiger partial charge in [0.1, 0.15) is 0 Å². The van der Waals surface area contributed by atoms with E-state index in [4.69, 9.17) is 4.74 Å². The molecule has 0 aliphatic rings. The standard InChI is InChI=1S/C11H21N3OS/c1-4-14(6-7-15-5-2)11-13-10(8-12-3)9-16-11/h9,12H,4-8H2,1-3H3. The summed E-state index contributed by atoms with van der Waals surface area (Å²) in [5.41, 5.74) is 1.11. The molecule has 0 saturated heterocycles. The Labute approximate surface area is 102 Å². The molecule has 0 amide bonds. The van der Waals surface area contributed by atoms with E-state index in [-0.39, 0.29) is 0 Å². The second kappa shape index (κ2) is 7.60. The molecule has 0 aliphatic heterocycles. The minimum atomic E-state index is 0.769. The Hall–Kier alpha value is -0.650.